The van der Waals surface area contributed by atoms with E-state index in [0.717, 1.165) is 18.4 Å². The Morgan fingerprint density at radius 1 is 1.25 bits per heavy atom. The van der Waals surface area contributed by atoms with Gasteiger partial charge in [0.1, 0.15) is 0 Å². The second-order valence-electron chi connectivity index (χ2n) is 5.16. The van der Waals surface area contributed by atoms with Crippen LogP contribution in [0.1, 0.15) is 29.9 Å². The van der Waals surface area contributed by atoms with E-state index >= 15 is 0 Å². The van der Waals surface area contributed by atoms with Crippen LogP contribution >= 0.6 is 0 Å². The van der Waals surface area contributed by atoms with Gasteiger partial charge in [-0.15, -0.1) is 0 Å². The fourth-order valence-corrected chi connectivity index (χ4v) is 4.20. The van der Waals surface area contributed by atoms with E-state index in [1.165, 1.54) is 10.4 Å². The lowest BCUT2D eigenvalue weighted by Gasteiger charge is -2.27. The maximum Gasteiger partial charge on any atom is 0.243 e. The van der Waals surface area contributed by atoms with Crippen LogP contribution < -0.4 is 0 Å². The van der Waals surface area contributed by atoms with Gasteiger partial charge in [-0.2, -0.15) is 9.57 Å². The van der Waals surface area contributed by atoms with Crippen LogP contribution in [-0.4, -0.2) is 39.0 Å². The lowest BCUT2D eigenvalue weighted by Crippen LogP contribution is -2.40. The summed E-state index contributed by atoms with van der Waals surface area (Å²) in [5.41, 5.74) is 1.25. The van der Waals surface area contributed by atoms with E-state index < -0.39 is 10.0 Å². The van der Waals surface area contributed by atoms with Crippen molar-refractivity contribution in [3.05, 3.63) is 29.3 Å². The first-order chi connectivity index (χ1) is 9.63. The molecule has 0 bridgehead atoms. The van der Waals surface area contributed by atoms with Gasteiger partial charge in [0.2, 0.25) is 10.0 Å². The molecule has 0 unspecified atom stereocenters. The van der Waals surface area contributed by atoms with E-state index in [4.69, 9.17) is 10.00 Å². The standard InChI is InChI=1S/C14H16N2O3S/c15-10-11-1-4-13(12-2-3-12)14(9-11)20(17,18)16-5-7-19-8-6-16/h1,4,9,12H,2-3,5-8H2. The van der Waals surface area contributed by atoms with Gasteiger partial charge >= 0.3 is 0 Å². The van der Waals surface area contributed by atoms with Crippen molar-refractivity contribution in [1.29, 1.82) is 5.26 Å². The molecule has 6 heteroatoms. The SMILES string of the molecule is N#Cc1ccc(C2CC2)c(S(=O)(=O)N2CCOCC2)c1. The number of morpholine rings is 1. The Hall–Kier alpha value is -1.42. The molecule has 0 spiro atoms. The molecule has 1 heterocycles. The van der Waals surface area contributed by atoms with Crippen LogP contribution in [-0.2, 0) is 14.8 Å². The minimum absolute atomic E-state index is 0.306. The molecule has 106 valence electrons. The van der Waals surface area contributed by atoms with Crippen LogP contribution in [0.3, 0.4) is 0 Å². The van der Waals surface area contributed by atoms with Gasteiger partial charge in [-0.05, 0) is 36.5 Å². The van der Waals surface area contributed by atoms with E-state index in [9.17, 15) is 8.42 Å². The molecule has 1 aromatic carbocycles. The number of sulfonamides is 1. The average Bonchev–Trinajstić information content (AvgIpc) is 3.32. The molecule has 20 heavy (non-hydrogen) atoms. The highest BCUT2D eigenvalue weighted by molar-refractivity contribution is 7.89. The van der Waals surface area contributed by atoms with Crippen LogP contribution in [0, 0.1) is 11.3 Å². The van der Waals surface area contributed by atoms with Crippen molar-refractivity contribution in [3.63, 3.8) is 0 Å². The van der Waals surface area contributed by atoms with Crippen LogP contribution in [0.25, 0.3) is 0 Å². The van der Waals surface area contributed by atoms with Crippen molar-refractivity contribution in [2.75, 3.05) is 26.3 Å². The highest BCUT2D eigenvalue weighted by Crippen LogP contribution is 2.43. The number of benzene rings is 1. The Morgan fingerprint density at radius 2 is 1.95 bits per heavy atom. The van der Waals surface area contributed by atoms with Gasteiger partial charge in [-0.25, -0.2) is 8.42 Å². The number of nitrogens with zero attached hydrogens (tertiary/aromatic N) is 2. The molecule has 5 nitrogen and oxygen atoms in total. The third-order valence-electron chi connectivity index (χ3n) is 3.75. The lowest BCUT2D eigenvalue weighted by molar-refractivity contribution is 0.0730. The van der Waals surface area contributed by atoms with Gasteiger partial charge in [0.25, 0.3) is 0 Å². The van der Waals surface area contributed by atoms with Crippen LogP contribution in [0.4, 0.5) is 0 Å². The molecule has 0 N–H and O–H groups in total. The molecular formula is C14H16N2O3S. The molecule has 0 aromatic heterocycles. The fourth-order valence-electron chi connectivity index (χ4n) is 2.48. The first-order valence-electron chi connectivity index (χ1n) is 6.75. The normalized spacial score (nSPS) is 20.6. The predicted octanol–water partition coefficient (Wildman–Crippen LogP) is 1.46. The van der Waals surface area contributed by atoms with E-state index in [1.54, 1.807) is 12.1 Å². The maximum atomic E-state index is 12.8. The average molecular weight is 292 g/mol. The highest BCUT2D eigenvalue weighted by Gasteiger charge is 2.34. The van der Waals surface area contributed by atoms with Gasteiger partial charge < -0.3 is 4.74 Å². The summed E-state index contributed by atoms with van der Waals surface area (Å²) in [6.07, 6.45) is 2.05. The Kier molecular flexibility index (Phi) is 3.50. The highest BCUT2D eigenvalue weighted by atomic mass is 32.2. The lowest BCUT2D eigenvalue weighted by atomic mass is 10.1. The molecule has 1 aliphatic carbocycles. The second kappa shape index (κ2) is 5.17. The molecule has 1 saturated carbocycles. The predicted molar refractivity (Wildman–Crippen MR) is 72.7 cm³/mol. The molecule has 1 aliphatic heterocycles. The largest absolute Gasteiger partial charge is 0.379 e. The summed E-state index contributed by atoms with van der Waals surface area (Å²) in [5.74, 6) is 0.327. The Bertz CT molecular complexity index is 653. The van der Waals surface area contributed by atoms with E-state index in [2.05, 4.69) is 0 Å². The van der Waals surface area contributed by atoms with Crippen molar-refractivity contribution in [2.45, 2.75) is 23.7 Å². The summed E-state index contributed by atoms with van der Waals surface area (Å²) in [4.78, 5) is 0.306. The van der Waals surface area contributed by atoms with Crippen molar-refractivity contribution in [2.24, 2.45) is 0 Å². The third-order valence-corrected chi connectivity index (χ3v) is 5.70. The monoisotopic (exact) mass is 292 g/mol. The molecule has 3 rings (SSSR count). The van der Waals surface area contributed by atoms with E-state index in [0.29, 0.717) is 42.7 Å². The molecule has 2 fully saturated rings. The molecule has 0 amide bonds. The summed E-state index contributed by atoms with van der Waals surface area (Å²) >= 11 is 0. The summed E-state index contributed by atoms with van der Waals surface area (Å²) in [6.45, 7) is 1.61. The molecule has 1 saturated heterocycles. The Labute approximate surface area is 118 Å². The van der Waals surface area contributed by atoms with Crippen LogP contribution in [0.5, 0.6) is 0 Å². The molecule has 1 aromatic rings. The first kappa shape index (κ1) is 13.6. The van der Waals surface area contributed by atoms with Crippen molar-refractivity contribution < 1.29 is 13.2 Å². The summed E-state index contributed by atoms with van der Waals surface area (Å²) in [6, 6.07) is 7.03. The smallest absolute Gasteiger partial charge is 0.243 e. The van der Waals surface area contributed by atoms with E-state index in [-0.39, 0.29) is 0 Å². The zero-order chi connectivity index (χ0) is 14.2. The fraction of sp³-hybridized carbons (Fsp3) is 0.500. The van der Waals surface area contributed by atoms with Gasteiger partial charge in [0.15, 0.2) is 0 Å². The number of ether oxygens (including phenoxy) is 1. The number of hydrogen-bond acceptors (Lipinski definition) is 4. The van der Waals surface area contributed by atoms with Crippen molar-refractivity contribution in [3.8, 4) is 6.07 Å². The molecular weight excluding hydrogens is 276 g/mol. The second-order valence-corrected chi connectivity index (χ2v) is 7.06. The van der Waals surface area contributed by atoms with Gasteiger partial charge in [0.05, 0.1) is 29.7 Å². The Morgan fingerprint density at radius 3 is 2.55 bits per heavy atom. The quantitative estimate of drug-likeness (QED) is 0.845. The number of rotatable bonds is 3. The number of hydrogen-bond donors (Lipinski definition) is 0. The topological polar surface area (TPSA) is 70.4 Å². The zero-order valence-electron chi connectivity index (χ0n) is 11.1. The van der Waals surface area contributed by atoms with Crippen molar-refractivity contribution in [1.82, 2.24) is 4.31 Å². The first-order valence-corrected chi connectivity index (χ1v) is 8.19. The maximum absolute atomic E-state index is 12.8. The van der Waals surface area contributed by atoms with Crippen molar-refractivity contribution >= 4 is 10.0 Å². The van der Waals surface area contributed by atoms with Gasteiger partial charge in [-0.1, -0.05) is 6.07 Å². The van der Waals surface area contributed by atoms with Crippen LogP contribution in [0.2, 0.25) is 0 Å². The molecule has 2 aliphatic rings. The van der Waals surface area contributed by atoms with Gasteiger partial charge in [-0.3, -0.25) is 0 Å². The number of nitriles is 1. The summed E-state index contributed by atoms with van der Waals surface area (Å²) in [7, 11) is -3.53. The summed E-state index contributed by atoms with van der Waals surface area (Å²) < 4.78 is 32.2. The third kappa shape index (κ3) is 2.44. The summed E-state index contributed by atoms with van der Waals surface area (Å²) in [5, 5.41) is 9.00. The van der Waals surface area contributed by atoms with Gasteiger partial charge in [0, 0.05) is 13.1 Å². The Balaban J connectivity index is 2.04. The van der Waals surface area contributed by atoms with Crippen LogP contribution in [0.15, 0.2) is 23.1 Å². The molecule has 0 atom stereocenters. The van der Waals surface area contributed by atoms with E-state index in [1.807, 2.05) is 6.07 Å². The molecule has 0 radical (unpaired) electrons. The minimum Gasteiger partial charge on any atom is -0.379 e. The minimum atomic E-state index is -3.53. The zero-order valence-corrected chi connectivity index (χ0v) is 11.9.